The second-order valence-electron chi connectivity index (χ2n) is 8.93. The van der Waals surface area contributed by atoms with Gasteiger partial charge in [0, 0.05) is 32.0 Å². The monoisotopic (exact) mass is 465 g/mol. The molecule has 1 spiro atoms. The number of fused-ring (bicyclic) bond motifs is 1. The Kier molecular flexibility index (Phi) is 6.55. The number of amides is 1. The molecule has 0 aliphatic carbocycles. The number of carbonyl (C=O) groups is 2. The van der Waals surface area contributed by atoms with E-state index in [1.165, 1.54) is 0 Å². The van der Waals surface area contributed by atoms with Crippen molar-refractivity contribution in [1.82, 2.24) is 4.90 Å². The summed E-state index contributed by atoms with van der Waals surface area (Å²) < 4.78 is 22.5. The highest BCUT2D eigenvalue weighted by molar-refractivity contribution is 6.00. The van der Waals surface area contributed by atoms with Gasteiger partial charge in [0.15, 0.2) is 17.3 Å². The zero-order valence-electron chi connectivity index (χ0n) is 20.4. The molecule has 2 aliphatic heterocycles. The number of Topliss-reactive ketones (excluding diaryl/α,β-unsaturated/α-hetero) is 1. The minimum absolute atomic E-state index is 0.0855. The molecule has 2 heterocycles. The number of piperidine rings is 1. The van der Waals surface area contributed by atoms with Gasteiger partial charge in [0.1, 0.15) is 11.4 Å². The van der Waals surface area contributed by atoms with Crippen molar-refractivity contribution >= 4 is 17.8 Å². The van der Waals surface area contributed by atoms with Gasteiger partial charge in [-0.3, -0.25) is 9.59 Å². The second-order valence-corrected chi connectivity index (χ2v) is 8.93. The first kappa shape index (κ1) is 23.7. The summed E-state index contributed by atoms with van der Waals surface area (Å²) in [7, 11) is 4.66. The average Bonchev–Trinajstić information content (AvgIpc) is 2.83. The molecular formula is C27H31NO6. The van der Waals surface area contributed by atoms with E-state index in [4.69, 9.17) is 18.9 Å². The van der Waals surface area contributed by atoms with E-state index >= 15 is 0 Å². The largest absolute Gasteiger partial charge is 0.493 e. The summed E-state index contributed by atoms with van der Waals surface area (Å²) >= 11 is 0. The molecule has 2 aromatic rings. The summed E-state index contributed by atoms with van der Waals surface area (Å²) in [5, 5.41) is 0. The number of ketones is 1. The van der Waals surface area contributed by atoms with Gasteiger partial charge in [-0.1, -0.05) is 0 Å². The highest BCUT2D eigenvalue weighted by atomic mass is 16.5. The summed E-state index contributed by atoms with van der Waals surface area (Å²) in [5.74, 6) is 2.26. The minimum atomic E-state index is -0.539. The molecule has 7 heteroatoms. The van der Waals surface area contributed by atoms with Crippen molar-refractivity contribution in [3.8, 4) is 23.0 Å². The zero-order chi connectivity index (χ0) is 24.5. The lowest BCUT2D eigenvalue weighted by Gasteiger charge is -2.44. The topological polar surface area (TPSA) is 74.3 Å². The van der Waals surface area contributed by atoms with Crippen LogP contribution in [0.3, 0.4) is 0 Å². The number of hydrogen-bond acceptors (Lipinski definition) is 6. The quantitative estimate of drug-likeness (QED) is 0.611. The molecule has 0 radical (unpaired) electrons. The average molecular weight is 466 g/mol. The number of carbonyl (C=O) groups excluding carboxylic acids is 2. The Morgan fingerprint density at radius 1 is 0.971 bits per heavy atom. The maximum absolute atomic E-state index is 12.9. The molecule has 0 N–H and O–H groups in total. The van der Waals surface area contributed by atoms with E-state index in [9.17, 15) is 9.59 Å². The molecule has 180 valence electrons. The maximum atomic E-state index is 12.9. The first-order valence-corrected chi connectivity index (χ1v) is 11.4. The number of benzene rings is 2. The van der Waals surface area contributed by atoms with Gasteiger partial charge >= 0.3 is 0 Å². The number of ether oxygens (including phenoxy) is 4. The first-order valence-electron chi connectivity index (χ1n) is 11.4. The molecule has 4 rings (SSSR count). The van der Waals surface area contributed by atoms with Crippen molar-refractivity contribution in [2.75, 3.05) is 34.4 Å². The molecule has 7 nitrogen and oxygen atoms in total. The summed E-state index contributed by atoms with van der Waals surface area (Å²) in [6.45, 7) is 5.09. The Hall–Kier alpha value is -3.48. The van der Waals surface area contributed by atoms with Gasteiger partial charge in [0.2, 0.25) is 11.7 Å². The predicted molar refractivity (Wildman–Crippen MR) is 129 cm³/mol. The minimum Gasteiger partial charge on any atom is -0.493 e. The van der Waals surface area contributed by atoms with E-state index < -0.39 is 5.60 Å². The lowest BCUT2D eigenvalue weighted by atomic mass is 9.82. The third-order valence-corrected chi connectivity index (χ3v) is 6.80. The first-order chi connectivity index (χ1) is 16.3. The lowest BCUT2D eigenvalue weighted by molar-refractivity contribution is -0.129. The fourth-order valence-electron chi connectivity index (χ4n) is 4.63. The smallest absolute Gasteiger partial charge is 0.246 e. The molecule has 0 saturated carbocycles. The van der Waals surface area contributed by atoms with Crippen LogP contribution in [-0.2, 0) is 4.79 Å². The van der Waals surface area contributed by atoms with Crippen LogP contribution in [-0.4, -0.2) is 56.6 Å². The van der Waals surface area contributed by atoms with Crippen molar-refractivity contribution in [2.45, 2.75) is 38.7 Å². The van der Waals surface area contributed by atoms with E-state index in [0.29, 0.717) is 60.9 Å². The molecule has 2 aromatic carbocycles. The third kappa shape index (κ3) is 4.47. The number of rotatable bonds is 5. The fourth-order valence-corrected chi connectivity index (χ4v) is 4.63. The van der Waals surface area contributed by atoms with Gasteiger partial charge in [0.25, 0.3) is 0 Å². The summed E-state index contributed by atoms with van der Waals surface area (Å²) in [4.78, 5) is 27.5. The summed E-state index contributed by atoms with van der Waals surface area (Å²) in [6, 6.07) is 7.46. The van der Waals surface area contributed by atoms with Crippen molar-refractivity contribution in [3.05, 3.63) is 52.6 Å². The Bertz CT molecular complexity index is 1120. The Labute approximate surface area is 200 Å². The highest BCUT2D eigenvalue weighted by Gasteiger charge is 2.43. The van der Waals surface area contributed by atoms with Crippen LogP contribution >= 0.6 is 0 Å². The predicted octanol–water partition coefficient (Wildman–Crippen LogP) is 4.37. The normalized spacial score (nSPS) is 16.9. The van der Waals surface area contributed by atoms with E-state index in [1.54, 1.807) is 50.5 Å². The van der Waals surface area contributed by atoms with Crippen LogP contribution < -0.4 is 18.9 Å². The summed E-state index contributed by atoms with van der Waals surface area (Å²) in [5.41, 5.74) is 3.09. The molecule has 34 heavy (non-hydrogen) atoms. The molecule has 1 saturated heterocycles. The van der Waals surface area contributed by atoms with E-state index in [0.717, 1.165) is 16.7 Å². The number of aryl methyl sites for hydroxylation is 2. The molecule has 0 bridgehead atoms. The van der Waals surface area contributed by atoms with Crippen molar-refractivity contribution in [2.24, 2.45) is 0 Å². The van der Waals surface area contributed by atoms with Crippen molar-refractivity contribution < 1.29 is 28.5 Å². The summed E-state index contributed by atoms with van der Waals surface area (Å²) in [6.07, 6.45) is 4.88. The van der Waals surface area contributed by atoms with Crippen molar-refractivity contribution in [1.29, 1.82) is 0 Å². The number of hydrogen-bond donors (Lipinski definition) is 0. The Balaban J connectivity index is 1.44. The van der Waals surface area contributed by atoms with Crippen LogP contribution in [0.25, 0.3) is 6.08 Å². The van der Waals surface area contributed by atoms with Crippen LogP contribution in [0.2, 0.25) is 0 Å². The number of methoxy groups -OCH3 is 3. The van der Waals surface area contributed by atoms with Crippen molar-refractivity contribution in [3.63, 3.8) is 0 Å². The van der Waals surface area contributed by atoms with E-state index in [-0.39, 0.29) is 11.7 Å². The molecule has 1 fully saturated rings. The van der Waals surface area contributed by atoms with Crippen LogP contribution in [0.15, 0.2) is 30.3 Å². The maximum Gasteiger partial charge on any atom is 0.246 e. The zero-order valence-corrected chi connectivity index (χ0v) is 20.4. The Morgan fingerprint density at radius 2 is 1.59 bits per heavy atom. The van der Waals surface area contributed by atoms with Crippen LogP contribution in [0.1, 0.15) is 46.3 Å². The molecule has 2 aliphatic rings. The molecule has 0 unspecified atom stereocenters. The number of nitrogens with zero attached hydrogens (tertiary/aromatic N) is 1. The third-order valence-electron chi connectivity index (χ3n) is 6.80. The van der Waals surface area contributed by atoms with Crippen LogP contribution in [0, 0.1) is 13.8 Å². The van der Waals surface area contributed by atoms with Crippen LogP contribution in [0.5, 0.6) is 23.0 Å². The molecular weight excluding hydrogens is 434 g/mol. The SMILES string of the molecule is COc1cc(/C=C/C(=O)N2CCC3(CC2)CC(=O)c2cc(C)c(C)cc2O3)cc(OC)c1OC. The highest BCUT2D eigenvalue weighted by Crippen LogP contribution is 2.41. The van der Waals surface area contributed by atoms with E-state index in [2.05, 4.69) is 0 Å². The van der Waals surface area contributed by atoms with Gasteiger partial charge in [-0.2, -0.15) is 0 Å². The van der Waals surface area contributed by atoms with Gasteiger partial charge in [-0.15, -0.1) is 0 Å². The lowest BCUT2D eigenvalue weighted by Crippen LogP contribution is -2.52. The molecule has 0 aromatic heterocycles. The number of likely N-dealkylation sites (tertiary alicyclic amines) is 1. The van der Waals surface area contributed by atoms with Gasteiger partial charge in [0.05, 0.1) is 33.3 Å². The van der Waals surface area contributed by atoms with Gasteiger partial charge in [-0.05, 0) is 60.9 Å². The second kappa shape index (κ2) is 9.41. The van der Waals surface area contributed by atoms with Gasteiger partial charge in [-0.25, -0.2) is 0 Å². The fraction of sp³-hybridized carbons (Fsp3) is 0.407. The Morgan fingerprint density at radius 3 is 2.18 bits per heavy atom. The van der Waals surface area contributed by atoms with Crippen LogP contribution in [0.4, 0.5) is 0 Å². The standard InChI is InChI=1S/C27H31NO6/c1-17-12-20-21(29)16-27(34-22(20)13-18(17)2)8-10-28(11-9-27)25(30)7-6-19-14-23(31-3)26(33-5)24(15-19)32-4/h6-7,12-15H,8-11,16H2,1-5H3/b7-6+. The van der Waals surface area contributed by atoms with Gasteiger partial charge < -0.3 is 23.8 Å². The molecule has 0 atom stereocenters. The molecule has 1 amide bonds. The van der Waals surface area contributed by atoms with E-state index in [1.807, 2.05) is 26.0 Å².